The molecule has 1 aliphatic rings. The number of likely N-dealkylation sites (N-methyl/N-ethyl adjacent to an activating group) is 1. The molecule has 0 aliphatic carbocycles. The van der Waals surface area contributed by atoms with E-state index in [0.29, 0.717) is 18.1 Å². The van der Waals surface area contributed by atoms with Gasteiger partial charge in [0.2, 0.25) is 0 Å². The Morgan fingerprint density at radius 2 is 2.24 bits per heavy atom. The molecule has 1 aliphatic heterocycles. The Balaban J connectivity index is 1.46. The second-order valence-corrected chi connectivity index (χ2v) is 6.56. The molecule has 25 heavy (non-hydrogen) atoms. The monoisotopic (exact) mass is 340 g/mol. The van der Waals surface area contributed by atoms with Gasteiger partial charge in [0, 0.05) is 25.3 Å². The van der Waals surface area contributed by atoms with Crippen LogP contribution in [-0.2, 0) is 6.54 Å². The summed E-state index contributed by atoms with van der Waals surface area (Å²) < 4.78 is 13.8. The molecule has 1 unspecified atom stereocenters. The van der Waals surface area contributed by atoms with Gasteiger partial charge >= 0.3 is 0 Å². The zero-order valence-corrected chi connectivity index (χ0v) is 14.2. The zero-order chi connectivity index (χ0) is 17.2. The van der Waals surface area contributed by atoms with Crippen LogP contribution in [0.2, 0.25) is 0 Å². The second-order valence-electron chi connectivity index (χ2n) is 6.56. The molecule has 0 saturated carbocycles. The molecule has 0 amide bonds. The van der Waals surface area contributed by atoms with Gasteiger partial charge in [-0.2, -0.15) is 5.10 Å². The van der Waals surface area contributed by atoms with E-state index >= 15 is 0 Å². The number of para-hydroxylation sites is 1. The van der Waals surface area contributed by atoms with Crippen molar-refractivity contribution in [3.63, 3.8) is 0 Å². The number of aromatic amines is 1. The minimum atomic E-state index is -0.283. The fourth-order valence-electron chi connectivity index (χ4n) is 3.47. The normalized spacial score (nSPS) is 18.2. The molecule has 1 fully saturated rings. The van der Waals surface area contributed by atoms with Crippen LogP contribution in [0.5, 0.6) is 0 Å². The van der Waals surface area contributed by atoms with Crippen molar-refractivity contribution < 1.29 is 4.39 Å². The zero-order valence-electron chi connectivity index (χ0n) is 14.2. The minimum absolute atomic E-state index is 0.283. The minimum Gasteiger partial charge on any atom is -0.354 e. The average molecular weight is 340 g/mol. The Labute approximate surface area is 145 Å². The van der Waals surface area contributed by atoms with Crippen molar-refractivity contribution in [2.24, 2.45) is 0 Å². The maximum atomic E-state index is 13.8. The first-order valence-corrected chi connectivity index (χ1v) is 8.57. The molecule has 130 valence electrons. The Bertz CT molecular complexity index is 849. The number of nitrogens with one attached hydrogen (secondary N) is 1. The predicted molar refractivity (Wildman–Crippen MR) is 94.8 cm³/mol. The topological polar surface area (TPSA) is 60.9 Å². The van der Waals surface area contributed by atoms with Gasteiger partial charge in [-0.05, 0) is 44.2 Å². The summed E-state index contributed by atoms with van der Waals surface area (Å²) in [6, 6.07) is 9.30. The van der Waals surface area contributed by atoms with Gasteiger partial charge < -0.3 is 9.88 Å². The number of rotatable bonds is 4. The number of hydrogen-bond acceptors (Lipinski definition) is 5. The van der Waals surface area contributed by atoms with E-state index in [1.54, 1.807) is 12.3 Å². The van der Waals surface area contributed by atoms with Gasteiger partial charge in [-0.1, -0.05) is 6.07 Å². The van der Waals surface area contributed by atoms with Crippen molar-refractivity contribution in [1.29, 1.82) is 0 Å². The summed E-state index contributed by atoms with van der Waals surface area (Å²) in [7, 11) is 2.09. The summed E-state index contributed by atoms with van der Waals surface area (Å²) in [6.07, 6.45) is 3.93. The van der Waals surface area contributed by atoms with E-state index in [0.717, 1.165) is 43.1 Å². The maximum Gasteiger partial charge on any atom is 0.151 e. The predicted octanol–water partition coefficient (Wildman–Crippen LogP) is 2.59. The van der Waals surface area contributed by atoms with E-state index in [2.05, 4.69) is 37.0 Å². The summed E-state index contributed by atoms with van der Waals surface area (Å²) in [5.74, 6) is 1.43. The average Bonchev–Trinajstić information content (AvgIpc) is 3.06. The lowest BCUT2D eigenvalue weighted by atomic mass is 10.0. The lowest BCUT2D eigenvalue weighted by molar-refractivity contribution is 0.203. The van der Waals surface area contributed by atoms with E-state index in [9.17, 15) is 4.39 Å². The van der Waals surface area contributed by atoms with Gasteiger partial charge in [0.05, 0.1) is 12.1 Å². The molecule has 3 heterocycles. The van der Waals surface area contributed by atoms with Crippen LogP contribution in [0, 0.1) is 5.82 Å². The van der Waals surface area contributed by atoms with Crippen LogP contribution >= 0.6 is 0 Å². The number of halogens is 1. The third-order valence-electron chi connectivity index (χ3n) is 4.81. The largest absolute Gasteiger partial charge is 0.354 e. The Morgan fingerprint density at radius 3 is 3.04 bits per heavy atom. The van der Waals surface area contributed by atoms with Gasteiger partial charge in [-0.3, -0.25) is 4.90 Å². The Kier molecular flexibility index (Phi) is 4.31. The molecule has 1 atom stereocenters. The summed E-state index contributed by atoms with van der Waals surface area (Å²) in [6.45, 7) is 2.57. The highest BCUT2D eigenvalue weighted by Gasteiger charge is 2.24. The standard InChI is InChI=1S/C18H21FN6/c1-24(12-16-21-15-7-2-6-14(19)18(15)22-16)13-5-4-10-25(11-13)17-8-3-9-20-23-17/h2-3,6-9,13H,4-5,10-12H2,1H3,(H,21,22). The first kappa shape index (κ1) is 16.0. The number of imidazole rings is 1. The van der Waals surface area contributed by atoms with Crippen LogP contribution < -0.4 is 4.90 Å². The number of anilines is 1. The molecule has 2 aromatic heterocycles. The number of piperidine rings is 1. The van der Waals surface area contributed by atoms with Crippen LogP contribution in [0.15, 0.2) is 36.5 Å². The molecule has 3 aromatic rings. The van der Waals surface area contributed by atoms with Gasteiger partial charge in [0.15, 0.2) is 11.6 Å². The van der Waals surface area contributed by atoms with Crippen LogP contribution in [-0.4, -0.2) is 51.2 Å². The van der Waals surface area contributed by atoms with Crippen LogP contribution in [0.1, 0.15) is 18.7 Å². The molecule has 0 bridgehead atoms. The number of H-pyrrole nitrogens is 1. The van der Waals surface area contributed by atoms with Gasteiger partial charge in [0.1, 0.15) is 11.3 Å². The summed E-state index contributed by atoms with van der Waals surface area (Å²) >= 11 is 0. The number of benzene rings is 1. The van der Waals surface area contributed by atoms with Crippen molar-refractivity contribution in [3.8, 4) is 0 Å². The number of fused-ring (bicyclic) bond motifs is 1. The molecule has 1 aromatic carbocycles. The summed E-state index contributed by atoms with van der Waals surface area (Å²) in [5, 5.41) is 8.19. The van der Waals surface area contributed by atoms with Crippen molar-refractivity contribution >= 4 is 16.9 Å². The van der Waals surface area contributed by atoms with Crippen molar-refractivity contribution in [3.05, 3.63) is 48.2 Å². The second kappa shape index (κ2) is 6.76. The van der Waals surface area contributed by atoms with Crippen LogP contribution in [0.25, 0.3) is 11.0 Å². The highest BCUT2D eigenvalue weighted by molar-refractivity contribution is 5.75. The first-order valence-electron chi connectivity index (χ1n) is 8.57. The lowest BCUT2D eigenvalue weighted by Gasteiger charge is -2.37. The SMILES string of the molecule is CN(Cc1nc2c(F)cccc2[nH]1)C1CCCN(c2cccnn2)C1. The summed E-state index contributed by atoms with van der Waals surface area (Å²) in [5.41, 5.74) is 1.16. The molecule has 4 rings (SSSR count). The highest BCUT2D eigenvalue weighted by atomic mass is 19.1. The summed E-state index contributed by atoms with van der Waals surface area (Å²) in [4.78, 5) is 12.2. The molecule has 1 N–H and O–H groups in total. The Morgan fingerprint density at radius 1 is 1.32 bits per heavy atom. The number of hydrogen-bond donors (Lipinski definition) is 1. The van der Waals surface area contributed by atoms with E-state index < -0.39 is 0 Å². The van der Waals surface area contributed by atoms with Crippen LogP contribution in [0.4, 0.5) is 10.2 Å². The molecule has 6 nitrogen and oxygen atoms in total. The van der Waals surface area contributed by atoms with E-state index in [4.69, 9.17) is 0 Å². The molecule has 0 radical (unpaired) electrons. The van der Waals surface area contributed by atoms with Crippen molar-refractivity contribution in [1.82, 2.24) is 25.1 Å². The third-order valence-corrected chi connectivity index (χ3v) is 4.81. The van der Waals surface area contributed by atoms with E-state index in [1.807, 2.05) is 18.2 Å². The van der Waals surface area contributed by atoms with E-state index in [-0.39, 0.29) is 5.82 Å². The highest BCUT2D eigenvalue weighted by Crippen LogP contribution is 2.21. The fraction of sp³-hybridized carbons (Fsp3) is 0.389. The molecule has 1 saturated heterocycles. The number of nitrogens with zero attached hydrogens (tertiary/aromatic N) is 5. The van der Waals surface area contributed by atoms with Crippen molar-refractivity contribution in [2.45, 2.75) is 25.4 Å². The Hall–Kier alpha value is -2.54. The molecule has 0 spiro atoms. The van der Waals surface area contributed by atoms with Gasteiger partial charge in [0.25, 0.3) is 0 Å². The number of aromatic nitrogens is 4. The third kappa shape index (κ3) is 3.32. The smallest absolute Gasteiger partial charge is 0.151 e. The first-order chi connectivity index (χ1) is 12.2. The molecular weight excluding hydrogens is 319 g/mol. The fourth-order valence-corrected chi connectivity index (χ4v) is 3.47. The maximum absolute atomic E-state index is 13.8. The quantitative estimate of drug-likeness (QED) is 0.791. The lowest BCUT2D eigenvalue weighted by Crippen LogP contribution is -2.46. The van der Waals surface area contributed by atoms with Crippen LogP contribution in [0.3, 0.4) is 0 Å². The van der Waals surface area contributed by atoms with E-state index in [1.165, 1.54) is 6.07 Å². The van der Waals surface area contributed by atoms with Crippen molar-refractivity contribution in [2.75, 3.05) is 25.0 Å². The van der Waals surface area contributed by atoms with Gasteiger partial charge in [-0.25, -0.2) is 9.37 Å². The molecule has 7 heteroatoms. The molecular formula is C18H21FN6. The van der Waals surface area contributed by atoms with Gasteiger partial charge in [-0.15, -0.1) is 5.10 Å².